The van der Waals surface area contributed by atoms with Gasteiger partial charge in [-0.1, -0.05) is 12.8 Å². The van der Waals surface area contributed by atoms with E-state index in [4.69, 9.17) is 10.5 Å². The molecule has 0 bridgehead atoms. The average molecular weight is 226 g/mol. The molecule has 4 heteroatoms. The van der Waals surface area contributed by atoms with Gasteiger partial charge >= 0.3 is 6.09 Å². The minimum atomic E-state index is -0.149. The Labute approximate surface area is 97.1 Å². The molecule has 2 N–H and O–H groups in total. The Kier molecular flexibility index (Phi) is 4.04. The number of carbonyl (C=O) groups is 1. The van der Waals surface area contributed by atoms with E-state index in [1.165, 1.54) is 12.8 Å². The largest absolute Gasteiger partial charge is 0.444 e. The zero-order valence-electron chi connectivity index (χ0n) is 9.86. The molecule has 2 unspecified atom stereocenters. The van der Waals surface area contributed by atoms with E-state index < -0.39 is 0 Å². The quantitative estimate of drug-likeness (QED) is 0.742. The van der Waals surface area contributed by atoms with Gasteiger partial charge < -0.3 is 15.4 Å². The first kappa shape index (κ1) is 11.7. The maximum Gasteiger partial charge on any atom is 0.410 e. The maximum atomic E-state index is 11.9. The summed E-state index contributed by atoms with van der Waals surface area (Å²) >= 11 is 0. The van der Waals surface area contributed by atoms with Crippen molar-refractivity contribution in [3.63, 3.8) is 0 Å². The van der Waals surface area contributed by atoms with Crippen LogP contribution in [-0.4, -0.2) is 36.2 Å². The highest BCUT2D eigenvalue weighted by Gasteiger charge is 2.29. The molecule has 16 heavy (non-hydrogen) atoms. The summed E-state index contributed by atoms with van der Waals surface area (Å²) in [6, 6.07) is 0.0518. The Bertz CT molecular complexity index is 237. The van der Waals surface area contributed by atoms with Crippen LogP contribution < -0.4 is 5.73 Å². The summed E-state index contributed by atoms with van der Waals surface area (Å²) in [5.41, 5.74) is 5.89. The van der Waals surface area contributed by atoms with E-state index >= 15 is 0 Å². The average Bonchev–Trinajstić information content (AvgIpc) is 2.57. The Morgan fingerprint density at radius 3 is 2.31 bits per heavy atom. The van der Waals surface area contributed by atoms with Crippen molar-refractivity contribution in [2.45, 2.75) is 57.1 Å². The minimum absolute atomic E-state index is 0.0456. The van der Waals surface area contributed by atoms with E-state index in [-0.39, 0.29) is 18.2 Å². The predicted octanol–water partition coefficient (Wildman–Crippen LogP) is 1.88. The summed E-state index contributed by atoms with van der Waals surface area (Å²) in [5, 5.41) is 0. The number of rotatable bonds is 1. The molecular formula is C12H22N2O2. The number of ether oxygens (including phenoxy) is 1. The lowest BCUT2D eigenvalue weighted by Gasteiger charge is -2.24. The van der Waals surface area contributed by atoms with Crippen molar-refractivity contribution in [2.24, 2.45) is 5.73 Å². The van der Waals surface area contributed by atoms with Crippen LogP contribution in [0.1, 0.15) is 44.9 Å². The van der Waals surface area contributed by atoms with Crippen molar-refractivity contribution >= 4 is 6.09 Å². The molecule has 0 spiro atoms. The zero-order chi connectivity index (χ0) is 11.4. The Morgan fingerprint density at radius 1 is 1.06 bits per heavy atom. The fourth-order valence-corrected chi connectivity index (χ4v) is 2.56. The van der Waals surface area contributed by atoms with E-state index in [0.717, 1.165) is 45.2 Å². The van der Waals surface area contributed by atoms with Gasteiger partial charge in [-0.05, 0) is 32.1 Å². The van der Waals surface area contributed by atoms with E-state index in [1.807, 2.05) is 4.90 Å². The molecule has 1 amide bonds. The third-order valence-corrected chi connectivity index (χ3v) is 3.62. The number of nitrogens with zero attached hydrogens (tertiary/aromatic N) is 1. The summed E-state index contributed by atoms with van der Waals surface area (Å²) in [6.07, 6.45) is 7.47. The molecule has 0 aromatic carbocycles. The molecule has 92 valence electrons. The van der Waals surface area contributed by atoms with Gasteiger partial charge in [0.2, 0.25) is 0 Å². The second-order valence-electron chi connectivity index (χ2n) is 4.92. The van der Waals surface area contributed by atoms with E-state index in [2.05, 4.69) is 0 Å². The first-order valence-corrected chi connectivity index (χ1v) is 6.48. The van der Waals surface area contributed by atoms with Crippen molar-refractivity contribution in [3.8, 4) is 0 Å². The summed E-state index contributed by atoms with van der Waals surface area (Å²) in [6.45, 7) is 1.70. The van der Waals surface area contributed by atoms with Crippen molar-refractivity contribution in [2.75, 3.05) is 13.1 Å². The first-order valence-electron chi connectivity index (χ1n) is 6.48. The van der Waals surface area contributed by atoms with E-state index in [0.29, 0.717) is 0 Å². The van der Waals surface area contributed by atoms with Gasteiger partial charge in [0, 0.05) is 19.1 Å². The lowest BCUT2D eigenvalue weighted by molar-refractivity contribution is 0.0598. The van der Waals surface area contributed by atoms with Crippen molar-refractivity contribution in [1.29, 1.82) is 0 Å². The second-order valence-corrected chi connectivity index (χ2v) is 4.92. The Hall–Kier alpha value is -0.770. The number of likely N-dealkylation sites (tertiary alicyclic amines) is 1. The molecule has 2 fully saturated rings. The van der Waals surface area contributed by atoms with E-state index in [9.17, 15) is 4.79 Å². The highest BCUT2D eigenvalue weighted by atomic mass is 16.6. The number of amides is 1. The van der Waals surface area contributed by atoms with Crippen LogP contribution in [0, 0.1) is 0 Å². The van der Waals surface area contributed by atoms with Gasteiger partial charge in [0.25, 0.3) is 0 Å². The fourth-order valence-electron chi connectivity index (χ4n) is 2.56. The van der Waals surface area contributed by atoms with Crippen LogP contribution >= 0.6 is 0 Å². The smallest absolute Gasteiger partial charge is 0.410 e. The number of hydrogen-bond acceptors (Lipinski definition) is 3. The van der Waals surface area contributed by atoms with Crippen molar-refractivity contribution < 1.29 is 9.53 Å². The van der Waals surface area contributed by atoms with E-state index in [1.54, 1.807) is 0 Å². The van der Waals surface area contributed by atoms with Gasteiger partial charge in [-0.2, -0.15) is 0 Å². The monoisotopic (exact) mass is 226 g/mol. The van der Waals surface area contributed by atoms with Gasteiger partial charge in [0.1, 0.15) is 6.10 Å². The molecule has 1 aliphatic carbocycles. The SMILES string of the molecule is NC1CCCC1OC(=O)N1CCCCCC1. The summed E-state index contributed by atoms with van der Waals surface area (Å²) in [5.74, 6) is 0. The zero-order valence-corrected chi connectivity index (χ0v) is 9.86. The third kappa shape index (κ3) is 2.88. The lowest BCUT2D eigenvalue weighted by atomic mass is 10.2. The van der Waals surface area contributed by atoms with Crippen molar-refractivity contribution in [1.82, 2.24) is 4.90 Å². The van der Waals surface area contributed by atoms with Crippen LogP contribution in [0.25, 0.3) is 0 Å². The summed E-state index contributed by atoms with van der Waals surface area (Å²) in [7, 11) is 0. The third-order valence-electron chi connectivity index (χ3n) is 3.62. The van der Waals surface area contributed by atoms with Crippen LogP contribution in [0.3, 0.4) is 0 Å². The van der Waals surface area contributed by atoms with Crippen LogP contribution in [-0.2, 0) is 4.74 Å². The first-order chi connectivity index (χ1) is 7.77. The molecule has 0 aromatic rings. The summed E-state index contributed by atoms with van der Waals surface area (Å²) < 4.78 is 5.48. The van der Waals surface area contributed by atoms with Crippen LogP contribution in [0.2, 0.25) is 0 Å². The highest BCUT2D eigenvalue weighted by molar-refractivity contribution is 5.67. The molecule has 2 rings (SSSR count). The summed E-state index contributed by atoms with van der Waals surface area (Å²) in [4.78, 5) is 13.7. The molecule has 0 radical (unpaired) electrons. The van der Waals surface area contributed by atoms with Gasteiger partial charge in [-0.15, -0.1) is 0 Å². The van der Waals surface area contributed by atoms with Crippen molar-refractivity contribution in [3.05, 3.63) is 0 Å². The topological polar surface area (TPSA) is 55.6 Å². The lowest BCUT2D eigenvalue weighted by Crippen LogP contribution is -2.39. The number of carbonyl (C=O) groups excluding carboxylic acids is 1. The number of nitrogens with two attached hydrogens (primary N) is 1. The minimum Gasteiger partial charge on any atom is -0.444 e. The standard InChI is InChI=1S/C12H22N2O2/c13-10-6-5-7-11(10)16-12(15)14-8-3-1-2-4-9-14/h10-11H,1-9,13H2. The van der Waals surface area contributed by atoms with Gasteiger partial charge in [-0.25, -0.2) is 4.79 Å². The molecule has 1 heterocycles. The Morgan fingerprint density at radius 2 is 1.75 bits per heavy atom. The normalized spacial score (nSPS) is 31.2. The molecule has 2 aliphatic rings. The Balaban J connectivity index is 1.81. The van der Waals surface area contributed by atoms with Crippen LogP contribution in [0.5, 0.6) is 0 Å². The van der Waals surface area contributed by atoms with Crippen LogP contribution in [0.4, 0.5) is 4.79 Å². The maximum absolute atomic E-state index is 11.9. The molecule has 4 nitrogen and oxygen atoms in total. The number of hydrogen-bond donors (Lipinski definition) is 1. The fraction of sp³-hybridized carbons (Fsp3) is 0.917. The molecule has 1 saturated heterocycles. The van der Waals surface area contributed by atoms with Gasteiger partial charge in [0.15, 0.2) is 0 Å². The molecule has 0 aromatic heterocycles. The van der Waals surface area contributed by atoms with Gasteiger partial charge in [0.05, 0.1) is 0 Å². The predicted molar refractivity (Wildman–Crippen MR) is 62.1 cm³/mol. The second kappa shape index (κ2) is 5.53. The molecular weight excluding hydrogens is 204 g/mol. The molecule has 1 saturated carbocycles. The van der Waals surface area contributed by atoms with Crippen LogP contribution in [0.15, 0.2) is 0 Å². The molecule has 1 aliphatic heterocycles. The van der Waals surface area contributed by atoms with Gasteiger partial charge in [-0.3, -0.25) is 0 Å². The highest BCUT2D eigenvalue weighted by Crippen LogP contribution is 2.21. The molecule has 2 atom stereocenters.